The molecule has 1 saturated heterocycles. The van der Waals surface area contributed by atoms with Gasteiger partial charge in [0.1, 0.15) is 5.69 Å². The number of nitro groups is 1. The normalized spacial score (nSPS) is 19.2. The van der Waals surface area contributed by atoms with Gasteiger partial charge in [-0.2, -0.15) is 4.98 Å². The number of rotatable bonds is 4. The van der Waals surface area contributed by atoms with Crippen molar-refractivity contribution in [3.8, 4) is 0 Å². The lowest BCUT2D eigenvalue weighted by molar-refractivity contribution is -0.385. The molecule has 2 rings (SSSR count). The van der Waals surface area contributed by atoms with Crippen molar-refractivity contribution >= 4 is 23.1 Å². The van der Waals surface area contributed by atoms with Gasteiger partial charge in [-0.3, -0.25) is 10.1 Å². The van der Waals surface area contributed by atoms with Gasteiger partial charge in [0.25, 0.3) is 0 Å². The van der Waals surface area contributed by atoms with Gasteiger partial charge in [0, 0.05) is 13.2 Å². The zero-order valence-electron chi connectivity index (χ0n) is 10.6. The molecule has 0 spiro atoms. The molecule has 1 aliphatic rings. The van der Waals surface area contributed by atoms with E-state index in [2.05, 4.69) is 15.3 Å². The van der Waals surface area contributed by atoms with Crippen LogP contribution in [0.4, 0.5) is 11.5 Å². The van der Waals surface area contributed by atoms with E-state index < -0.39 is 4.92 Å². The van der Waals surface area contributed by atoms with Crippen LogP contribution in [0.3, 0.4) is 0 Å². The summed E-state index contributed by atoms with van der Waals surface area (Å²) in [5, 5.41) is 14.0. The summed E-state index contributed by atoms with van der Waals surface area (Å²) in [6, 6.07) is 0. The highest BCUT2D eigenvalue weighted by Crippen LogP contribution is 2.27. The highest BCUT2D eigenvalue weighted by atomic mass is 35.5. The van der Waals surface area contributed by atoms with Crippen molar-refractivity contribution in [2.75, 3.05) is 25.1 Å². The molecule has 7 nitrogen and oxygen atoms in total. The number of hydrogen-bond donors (Lipinski definition) is 1. The van der Waals surface area contributed by atoms with Crippen molar-refractivity contribution in [1.29, 1.82) is 0 Å². The molecule has 0 saturated carbocycles. The Morgan fingerprint density at radius 3 is 3.00 bits per heavy atom. The van der Waals surface area contributed by atoms with E-state index in [4.69, 9.17) is 16.3 Å². The smallest absolute Gasteiger partial charge is 0.332 e. The molecule has 1 atom stereocenters. The summed E-state index contributed by atoms with van der Waals surface area (Å²) in [6.45, 7) is 3.57. The molecule has 0 aromatic carbocycles. The number of aromatic nitrogens is 2. The Labute approximate surface area is 115 Å². The molecule has 0 amide bonds. The fourth-order valence-electron chi connectivity index (χ4n) is 2.08. The van der Waals surface area contributed by atoms with E-state index in [1.54, 1.807) is 6.92 Å². The van der Waals surface area contributed by atoms with Crippen LogP contribution in [0.5, 0.6) is 0 Å². The first-order valence-electron chi connectivity index (χ1n) is 6.08. The first kappa shape index (κ1) is 14.0. The second-order valence-corrected chi connectivity index (χ2v) is 4.83. The summed E-state index contributed by atoms with van der Waals surface area (Å²) in [4.78, 5) is 18.2. The Morgan fingerprint density at radius 2 is 2.37 bits per heavy atom. The van der Waals surface area contributed by atoms with E-state index in [0.29, 0.717) is 19.1 Å². The summed E-state index contributed by atoms with van der Waals surface area (Å²) < 4.78 is 5.36. The number of nitrogens with zero attached hydrogens (tertiary/aromatic N) is 3. The fraction of sp³-hybridized carbons (Fsp3) is 0.636. The van der Waals surface area contributed by atoms with E-state index in [-0.39, 0.29) is 22.5 Å². The maximum atomic E-state index is 11.0. The summed E-state index contributed by atoms with van der Waals surface area (Å²) in [6.07, 6.45) is 2.05. The van der Waals surface area contributed by atoms with E-state index >= 15 is 0 Å². The summed E-state index contributed by atoms with van der Waals surface area (Å²) in [7, 11) is 0. The van der Waals surface area contributed by atoms with Crippen LogP contribution in [0, 0.1) is 23.0 Å². The van der Waals surface area contributed by atoms with E-state index in [9.17, 15) is 10.1 Å². The van der Waals surface area contributed by atoms with Gasteiger partial charge in [-0.25, -0.2) is 4.98 Å². The SMILES string of the molecule is Cc1nc(Cl)nc(NCC2CCCOC2)c1[N+](=O)[O-]. The Balaban J connectivity index is 2.12. The molecule has 1 aromatic rings. The third kappa shape index (κ3) is 3.51. The average molecular weight is 287 g/mol. The lowest BCUT2D eigenvalue weighted by Gasteiger charge is -2.22. The number of ether oxygens (including phenoxy) is 1. The van der Waals surface area contributed by atoms with Crippen molar-refractivity contribution in [1.82, 2.24) is 9.97 Å². The van der Waals surface area contributed by atoms with Crippen LogP contribution in [-0.2, 0) is 4.74 Å². The molecule has 1 unspecified atom stereocenters. The van der Waals surface area contributed by atoms with Crippen molar-refractivity contribution in [3.63, 3.8) is 0 Å². The molecule has 0 aliphatic carbocycles. The minimum absolute atomic E-state index is 0.00509. The predicted octanol–water partition coefficient (Wildman–Crippen LogP) is 2.19. The monoisotopic (exact) mass is 286 g/mol. The van der Waals surface area contributed by atoms with Gasteiger partial charge in [0.05, 0.1) is 11.5 Å². The molecule has 104 valence electrons. The number of halogens is 1. The first-order valence-corrected chi connectivity index (χ1v) is 6.46. The van der Waals surface area contributed by atoms with Gasteiger partial charge < -0.3 is 10.1 Å². The quantitative estimate of drug-likeness (QED) is 0.518. The molecule has 0 bridgehead atoms. The van der Waals surface area contributed by atoms with Crippen LogP contribution in [0.25, 0.3) is 0 Å². The second kappa shape index (κ2) is 6.12. The minimum atomic E-state index is -0.495. The first-order chi connectivity index (χ1) is 9.08. The van der Waals surface area contributed by atoms with E-state index in [1.165, 1.54) is 0 Å². The van der Waals surface area contributed by atoms with Crippen LogP contribution >= 0.6 is 11.6 Å². The molecule has 8 heteroatoms. The van der Waals surface area contributed by atoms with Crippen LogP contribution in [-0.4, -0.2) is 34.6 Å². The van der Waals surface area contributed by atoms with Crippen LogP contribution in [0.15, 0.2) is 0 Å². The van der Waals surface area contributed by atoms with Crippen LogP contribution in [0.1, 0.15) is 18.5 Å². The fourth-order valence-corrected chi connectivity index (χ4v) is 2.30. The Bertz CT molecular complexity index is 477. The van der Waals surface area contributed by atoms with Gasteiger partial charge in [-0.05, 0) is 37.3 Å². The third-order valence-electron chi connectivity index (χ3n) is 3.03. The molecular weight excluding hydrogens is 272 g/mol. The maximum absolute atomic E-state index is 11.0. The summed E-state index contributed by atoms with van der Waals surface area (Å²) >= 11 is 5.74. The molecular formula is C11H15ClN4O3. The van der Waals surface area contributed by atoms with Crippen LogP contribution < -0.4 is 5.32 Å². The largest absolute Gasteiger partial charge is 0.381 e. The Hall–Kier alpha value is -1.47. The van der Waals surface area contributed by atoms with Gasteiger partial charge in [0.15, 0.2) is 0 Å². The van der Waals surface area contributed by atoms with Crippen molar-refractivity contribution in [3.05, 3.63) is 21.1 Å². The number of hydrogen-bond acceptors (Lipinski definition) is 6. The summed E-state index contributed by atoms with van der Waals surface area (Å²) in [5.41, 5.74) is 0.133. The molecule has 1 aromatic heterocycles. The molecule has 19 heavy (non-hydrogen) atoms. The predicted molar refractivity (Wildman–Crippen MR) is 70.5 cm³/mol. The highest BCUT2D eigenvalue weighted by Gasteiger charge is 2.23. The number of nitrogens with one attached hydrogen (secondary N) is 1. The topological polar surface area (TPSA) is 90.2 Å². The van der Waals surface area contributed by atoms with Gasteiger partial charge in [-0.1, -0.05) is 0 Å². The van der Waals surface area contributed by atoms with Crippen molar-refractivity contribution in [2.24, 2.45) is 5.92 Å². The number of anilines is 1. The number of aryl methyl sites for hydroxylation is 1. The summed E-state index contributed by atoms with van der Waals surface area (Å²) in [5.74, 6) is 0.510. The van der Waals surface area contributed by atoms with Crippen molar-refractivity contribution in [2.45, 2.75) is 19.8 Å². The van der Waals surface area contributed by atoms with E-state index in [0.717, 1.165) is 19.4 Å². The Kier molecular flexibility index (Phi) is 4.49. The molecule has 1 aliphatic heterocycles. The van der Waals surface area contributed by atoms with Crippen LogP contribution in [0.2, 0.25) is 5.28 Å². The zero-order chi connectivity index (χ0) is 13.8. The van der Waals surface area contributed by atoms with E-state index in [1.807, 2.05) is 0 Å². The molecule has 2 heterocycles. The Morgan fingerprint density at radius 1 is 1.58 bits per heavy atom. The third-order valence-corrected chi connectivity index (χ3v) is 3.20. The second-order valence-electron chi connectivity index (χ2n) is 4.50. The maximum Gasteiger partial charge on any atom is 0.332 e. The molecule has 1 fully saturated rings. The van der Waals surface area contributed by atoms with Gasteiger partial charge in [0.2, 0.25) is 11.1 Å². The molecule has 0 radical (unpaired) electrons. The zero-order valence-corrected chi connectivity index (χ0v) is 11.3. The molecule has 1 N–H and O–H groups in total. The lowest BCUT2D eigenvalue weighted by atomic mass is 10.0. The van der Waals surface area contributed by atoms with Crippen molar-refractivity contribution < 1.29 is 9.66 Å². The lowest BCUT2D eigenvalue weighted by Crippen LogP contribution is -2.25. The van der Waals surface area contributed by atoms with Gasteiger partial charge in [-0.15, -0.1) is 0 Å². The minimum Gasteiger partial charge on any atom is -0.381 e. The standard InChI is InChI=1S/C11H15ClN4O3/c1-7-9(16(17)18)10(15-11(12)14-7)13-5-8-3-2-4-19-6-8/h8H,2-6H2,1H3,(H,13,14,15). The highest BCUT2D eigenvalue weighted by molar-refractivity contribution is 6.28. The van der Waals surface area contributed by atoms with Gasteiger partial charge >= 0.3 is 5.69 Å². The average Bonchev–Trinajstić information content (AvgIpc) is 2.36.